The second-order valence-corrected chi connectivity index (χ2v) is 8.35. The van der Waals surface area contributed by atoms with E-state index in [-0.39, 0.29) is 17.9 Å². The van der Waals surface area contributed by atoms with Crippen LogP contribution in [0.15, 0.2) is 59.5 Å². The molecule has 0 aliphatic carbocycles. The lowest BCUT2D eigenvalue weighted by Crippen LogP contribution is -2.45. The van der Waals surface area contributed by atoms with Crippen molar-refractivity contribution in [3.05, 3.63) is 71.5 Å². The Morgan fingerprint density at radius 2 is 2.03 bits per heavy atom. The first-order valence-corrected chi connectivity index (χ1v) is 10.8. The molecule has 1 N–H and O–H groups in total. The van der Waals surface area contributed by atoms with E-state index >= 15 is 0 Å². The van der Waals surface area contributed by atoms with E-state index in [1.54, 1.807) is 36.8 Å². The molecule has 4 aromatic rings. The van der Waals surface area contributed by atoms with Gasteiger partial charge in [-0.25, -0.2) is 0 Å². The van der Waals surface area contributed by atoms with E-state index in [0.717, 1.165) is 18.5 Å². The van der Waals surface area contributed by atoms with E-state index in [1.165, 1.54) is 0 Å². The predicted octanol–water partition coefficient (Wildman–Crippen LogP) is 4.58. The van der Waals surface area contributed by atoms with E-state index in [9.17, 15) is 4.79 Å². The minimum absolute atomic E-state index is 0.0288. The van der Waals surface area contributed by atoms with Gasteiger partial charge in [-0.3, -0.25) is 14.8 Å². The molecular weight excluding hydrogens is 428 g/mol. The van der Waals surface area contributed by atoms with Crippen LogP contribution in [-0.2, 0) is 0 Å². The molecule has 0 spiro atoms. The van der Waals surface area contributed by atoms with Crippen LogP contribution < -0.4 is 0 Å². The number of rotatable bonds is 4. The molecular formula is C23H21ClN6O2. The van der Waals surface area contributed by atoms with Gasteiger partial charge in [-0.05, 0) is 50.1 Å². The zero-order valence-electron chi connectivity index (χ0n) is 17.4. The molecule has 8 nitrogen and oxygen atoms in total. The number of aromatic amines is 1. The zero-order chi connectivity index (χ0) is 22.1. The first kappa shape index (κ1) is 20.4. The molecule has 1 amide bonds. The lowest BCUT2D eigenvalue weighted by molar-refractivity contribution is 0.0593. The average Bonchev–Trinajstić information content (AvgIpc) is 3.49. The maximum Gasteiger partial charge on any atom is 0.254 e. The Labute approximate surface area is 189 Å². The smallest absolute Gasteiger partial charge is 0.254 e. The van der Waals surface area contributed by atoms with Crippen LogP contribution in [0.25, 0.3) is 22.9 Å². The van der Waals surface area contributed by atoms with Gasteiger partial charge in [0.2, 0.25) is 11.7 Å². The number of aromatic nitrogens is 5. The number of H-pyrrole nitrogens is 1. The average molecular weight is 449 g/mol. The molecule has 0 bridgehead atoms. The van der Waals surface area contributed by atoms with Gasteiger partial charge in [0, 0.05) is 36.7 Å². The molecule has 1 aliphatic heterocycles. The number of hydrogen-bond donors (Lipinski definition) is 1. The van der Waals surface area contributed by atoms with Gasteiger partial charge < -0.3 is 14.4 Å². The van der Waals surface area contributed by atoms with Crippen LogP contribution in [-0.4, -0.2) is 48.5 Å². The van der Waals surface area contributed by atoms with Crippen LogP contribution in [0.1, 0.15) is 41.9 Å². The summed E-state index contributed by atoms with van der Waals surface area (Å²) in [6.07, 6.45) is 6.75. The third-order valence-corrected chi connectivity index (χ3v) is 5.98. The van der Waals surface area contributed by atoms with Gasteiger partial charge in [-0.2, -0.15) is 4.98 Å². The first-order chi connectivity index (χ1) is 15.6. The van der Waals surface area contributed by atoms with E-state index in [1.807, 2.05) is 23.1 Å². The maximum absolute atomic E-state index is 13.4. The van der Waals surface area contributed by atoms with Gasteiger partial charge in [0.15, 0.2) is 0 Å². The molecule has 5 heterocycles. The van der Waals surface area contributed by atoms with Crippen molar-refractivity contribution >= 4 is 17.5 Å². The molecule has 0 saturated carbocycles. The second-order valence-electron chi connectivity index (χ2n) is 7.91. The number of nitrogens with one attached hydrogen (secondary N) is 1. The van der Waals surface area contributed by atoms with Gasteiger partial charge in [0.1, 0.15) is 0 Å². The van der Waals surface area contributed by atoms with Crippen LogP contribution in [0.2, 0.25) is 5.02 Å². The minimum Gasteiger partial charge on any atom is -0.357 e. The number of hydrogen-bond acceptors (Lipinski definition) is 6. The highest BCUT2D eigenvalue weighted by atomic mass is 35.5. The van der Waals surface area contributed by atoms with Gasteiger partial charge in [0.05, 0.1) is 28.0 Å². The second kappa shape index (κ2) is 8.55. The SMILES string of the molecule is C[C@@H]1CC[C@H](c2nc(-c3cc(Cl)c[nH]3)no2)CN1C(=O)c1ccnc(-c2ccccn2)c1. The lowest BCUT2D eigenvalue weighted by Gasteiger charge is -2.36. The molecule has 0 unspecified atom stereocenters. The molecule has 5 rings (SSSR count). The summed E-state index contributed by atoms with van der Waals surface area (Å²) in [7, 11) is 0. The van der Waals surface area contributed by atoms with Crippen molar-refractivity contribution in [1.29, 1.82) is 0 Å². The fourth-order valence-corrected chi connectivity index (χ4v) is 4.15. The topological polar surface area (TPSA) is 101 Å². The molecule has 1 fully saturated rings. The highest BCUT2D eigenvalue weighted by molar-refractivity contribution is 6.30. The van der Waals surface area contributed by atoms with Crippen molar-refractivity contribution in [3.63, 3.8) is 0 Å². The third-order valence-electron chi connectivity index (χ3n) is 5.76. The van der Waals surface area contributed by atoms with Crippen molar-refractivity contribution < 1.29 is 9.32 Å². The Morgan fingerprint density at radius 1 is 1.16 bits per heavy atom. The van der Waals surface area contributed by atoms with E-state index in [2.05, 4.69) is 32.0 Å². The Bertz CT molecular complexity index is 1240. The molecule has 0 aromatic carbocycles. The highest BCUT2D eigenvalue weighted by Crippen LogP contribution is 2.31. The molecule has 9 heteroatoms. The lowest BCUT2D eigenvalue weighted by atomic mass is 9.92. The van der Waals surface area contributed by atoms with Crippen LogP contribution in [0, 0.1) is 0 Å². The molecule has 162 valence electrons. The number of piperidine rings is 1. The van der Waals surface area contributed by atoms with Gasteiger partial charge >= 0.3 is 0 Å². The molecule has 4 aromatic heterocycles. The van der Waals surface area contributed by atoms with E-state index in [0.29, 0.717) is 40.2 Å². The van der Waals surface area contributed by atoms with Crippen molar-refractivity contribution in [1.82, 2.24) is 30.0 Å². The number of pyridine rings is 2. The van der Waals surface area contributed by atoms with E-state index < -0.39 is 0 Å². The van der Waals surface area contributed by atoms with Crippen molar-refractivity contribution in [2.24, 2.45) is 0 Å². The molecule has 32 heavy (non-hydrogen) atoms. The first-order valence-electron chi connectivity index (χ1n) is 10.4. The molecule has 1 aliphatic rings. The van der Waals surface area contributed by atoms with Gasteiger partial charge in [-0.1, -0.05) is 22.8 Å². The summed E-state index contributed by atoms with van der Waals surface area (Å²) in [6.45, 7) is 2.57. The molecule has 0 radical (unpaired) electrons. The summed E-state index contributed by atoms with van der Waals surface area (Å²) in [5.74, 6) is 0.911. The van der Waals surface area contributed by atoms with Crippen LogP contribution >= 0.6 is 11.6 Å². The zero-order valence-corrected chi connectivity index (χ0v) is 18.2. The Balaban J connectivity index is 1.36. The number of amides is 1. The third kappa shape index (κ3) is 4.01. The molecule has 2 atom stereocenters. The number of carbonyl (C=O) groups excluding carboxylic acids is 1. The minimum atomic E-state index is -0.0438. The largest absolute Gasteiger partial charge is 0.357 e. The summed E-state index contributed by atoms with van der Waals surface area (Å²) in [5, 5.41) is 4.65. The summed E-state index contributed by atoms with van der Waals surface area (Å²) in [4.78, 5) is 31.5. The van der Waals surface area contributed by atoms with Gasteiger partial charge in [-0.15, -0.1) is 0 Å². The fraction of sp³-hybridized carbons (Fsp3) is 0.261. The summed E-state index contributed by atoms with van der Waals surface area (Å²) in [6, 6.07) is 11.0. The monoisotopic (exact) mass is 448 g/mol. The number of nitrogens with zero attached hydrogens (tertiary/aromatic N) is 5. The highest BCUT2D eigenvalue weighted by Gasteiger charge is 2.33. The molecule has 1 saturated heterocycles. The number of halogens is 1. The maximum atomic E-state index is 13.4. The summed E-state index contributed by atoms with van der Waals surface area (Å²) in [5.41, 5.74) is 2.68. The van der Waals surface area contributed by atoms with Crippen LogP contribution in [0.3, 0.4) is 0 Å². The van der Waals surface area contributed by atoms with Crippen LogP contribution in [0.5, 0.6) is 0 Å². The number of likely N-dealkylation sites (tertiary alicyclic amines) is 1. The quantitative estimate of drug-likeness (QED) is 0.490. The number of carbonyl (C=O) groups is 1. The van der Waals surface area contributed by atoms with Crippen molar-refractivity contribution in [2.75, 3.05) is 6.54 Å². The van der Waals surface area contributed by atoms with Crippen molar-refractivity contribution in [2.45, 2.75) is 31.7 Å². The van der Waals surface area contributed by atoms with Gasteiger partial charge in [0.25, 0.3) is 5.91 Å². The summed E-state index contributed by atoms with van der Waals surface area (Å²) >= 11 is 5.97. The van der Waals surface area contributed by atoms with Crippen molar-refractivity contribution in [3.8, 4) is 22.9 Å². The normalized spacial score (nSPS) is 18.6. The van der Waals surface area contributed by atoms with Crippen LogP contribution in [0.4, 0.5) is 0 Å². The van der Waals surface area contributed by atoms with E-state index in [4.69, 9.17) is 16.1 Å². The predicted molar refractivity (Wildman–Crippen MR) is 119 cm³/mol. The Kier molecular flexibility index (Phi) is 5.45. The Morgan fingerprint density at radius 3 is 2.81 bits per heavy atom. The summed E-state index contributed by atoms with van der Waals surface area (Å²) < 4.78 is 5.53. The standard InChI is InChI=1S/C23H21ClN6O2/c1-14-5-6-16(22-28-21(29-32-22)20-11-17(24)12-27-20)13-30(14)23(31)15-7-9-26-19(10-15)18-4-2-3-8-25-18/h2-4,7-12,14,16,27H,5-6,13H2,1H3/t14-,16+/m1/s1. The fourth-order valence-electron chi connectivity index (χ4n) is 3.98. The Hall–Kier alpha value is -3.52.